The van der Waals surface area contributed by atoms with Gasteiger partial charge < -0.3 is 5.11 Å². The number of benzene rings is 3. The first-order valence-corrected chi connectivity index (χ1v) is 7.93. The van der Waals surface area contributed by atoms with Crippen molar-refractivity contribution >= 4 is 21.5 Å². The number of rotatable bonds is 1. The van der Waals surface area contributed by atoms with E-state index in [9.17, 15) is 5.11 Å². The Balaban J connectivity index is 2.06. The lowest BCUT2D eigenvalue weighted by Gasteiger charge is -2.30. The Morgan fingerprint density at radius 1 is 0.762 bits per heavy atom. The molecule has 0 unspecified atom stereocenters. The van der Waals surface area contributed by atoms with Gasteiger partial charge in [0.15, 0.2) is 0 Å². The van der Waals surface area contributed by atoms with E-state index in [4.69, 9.17) is 0 Å². The number of aliphatic hydroxyl groups excluding tert-OH is 1. The zero-order valence-electron chi connectivity index (χ0n) is 12.1. The van der Waals surface area contributed by atoms with Gasteiger partial charge in [0.05, 0.1) is 6.10 Å². The van der Waals surface area contributed by atoms with Crippen LogP contribution >= 0.6 is 0 Å². The average molecular weight is 276 g/mol. The van der Waals surface area contributed by atoms with Crippen molar-refractivity contribution in [2.75, 3.05) is 0 Å². The van der Waals surface area contributed by atoms with Crippen LogP contribution in [0.5, 0.6) is 0 Å². The summed E-state index contributed by atoms with van der Waals surface area (Å²) in [5.41, 5.74) is 1.36. The van der Waals surface area contributed by atoms with Crippen LogP contribution < -0.4 is 0 Å². The fraction of sp³-hybridized carbons (Fsp3) is 0.300. The molecule has 106 valence electrons. The number of aliphatic hydroxyl groups is 1. The summed E-state index contributed by atoms with van der Waals surface area (Å²) in [6, 6.07) is 19.4. The van der Waals surface area contributed by atoms with Gasteiger partial charge in [0, 0.05) is 5.92 Å². The quantitative estimate of drug-likeness (QED) is 0.619. The first-order valence-electron chi connectivity index (χ1n) is 7.93. The molecule has 0 heterocycles. The van der Waals surface area contributed by atoms with Crippen LogP contribution in [0.3, 0.4) is 0 Å². The van der Waals surface area contributed by atoms with E-state index >= 15 is 0 Å². The lowest BCUT2D eigenvalue weighted by atomic mass is 9.78. The minimum absolute atomic E-state index is 0.201. The highest BCUT2D eigenvalue weighted by Gasteiger charge is 2.27. The molecule has 1 heteroatoms. The zero-order chi connectivity index (χ0) is 14.2. The molecule has 1 nitrogen and oxygen atoms in total. The standard InChI is InChI=1S/C20H20O/c21-19-12-6-5-11-18(19)20-16-9-3-1-7-14(16)13-15-8-2-4-10-17(15)20/h1-4,7-10,13,18-19,21H,5-6,11-12H2/t18-,19-/m1/s1. The summed E-state index contributed by atoms with van der Waals surface area (Å²) in [7, 11) is 0. The van der Waals surface area contributed by atoms with E-state index in [0.29, 0.717) is 0 Å². The molecule has 1 N–H and O–H groups in total. The van der Waals surface area contributed by atoms with Crippen LogP contribution in [-0.4, -0.2) is 11.2 Å². The van der Waals surface area contributed by atoms with Crippen LogP contribution in [0.2, 0.25) is 0 Å². The van der Waals surface area contributed by atoms with Crippen molar-refractivity contribution in [2.45, 2.75) is 37.7 Å². The van der Waals surface area contributed by atoms with Crippen LogP contribution in [0.15, 0.2) is 54.6 Å². The highest BCUT2D eigenvalue weighted by atomic mass is 16.3. The van der Waals surface area contributed by atoms with Gasteiger partial charge in [-0.05, 0) is 46.0 Å². The Labute approximate surface area is 125 Å². The molecule has 1 aliphatic rings. The summed E-state index contributed by atoms with van der Waals surface area (Å²) >= 11 is 0. The molecule has 1 fully saturated rings. The van der Waals surface area contributed by atoms with E-state index in [2.05, 4.69) is 54.6 Å². The van der Waals surface area contributed by atoms with Crippen molar-refractivity contribution in [3.05, 3.63) is 60.2 Å². The first kappa shape index (κ1) is 12.8. The molecular weight excluding hydrogens is 256 g/mol. The Bertz CT molecular complexity index is 736. The Hall–Kier alpha value is -1.86. The van der Waals surface area contributed by atoms with Crippen molar-refractivity contribution in [1.82, 2.24) is 0 Å². The fourth-order valence-corrected chi connectivity index (χ4v) is 3.90. The Kier molecular flexibility index (Phi) is 3.16. The smallest absolute Gasteiger partial charge is 0.0609 e. The van der Waals surface area contributed by atoms with Crippen LogP contribution in [0.1, 0.15) is 37.2 Å². The third-order valence-corrected chi connectivity index (χ3v) is 4.91. The maximum Gasteiger partial charge on any atom is 0.0609 e. The lowest BCUT2D eigenvalue weighted by molar-refractivity contribution is 0.107. The van der Waals surface area contributed by atoms with Crippen molar-refractivity contribution in [2.24, 2.45) is 0 Å². The molecule has 0 radical (unpaired) electrons. The number of hydrogen-bond acceptors (Lipinski definition) is 1. The summed E-state index contributed by atoms with van der Waals surface area (Å²) in [5.74, 6) is 0.273. The second-order valence-corrected chi connectivity index (χ2v) is 6.19. The van der Waals surface area contributed by atoms with E-state index in [0.717, 1.165) is 19.3 Å². The van der Waals surface area contributed by atoms with Gasteiger partial charge in [0.1, 0.15) is 0 Å². The van der Waals surface area contributed by atoms with E-state index in [1.165, 1.54) is 33.5 Å². The predicted molar refractivity (Wildman–Crippen MR) is 88.7 cm³/mol. The second-order valence-electron chi connectivity index (χ2n) is 6.19. The normalized spacial score (nSPS) is 22.7. The number of fused-ring (bicyclic) bond motifs is 2. The van der Waals surface area contributed by atoms with Crippen molar-refractivity contribution < 1.29 is 5.11 Å². The highest BCUT2D eigenvalue weighted by Crippen LogP contribution is 2.40. The summed E-state index contributed by atoms with van der Waals surface area (Å²) in [4.78, 5) is 0. The minimum atomic E-state index is -0.201. The van der Waals surface area contributed by atoms with E-state index in [-0.39, 0.29) is 12.0 Å². The van der Waals surface area contributed by atoms with Gasteiger partial charge in [-0.1, -0.05) is 61.4 Å². The molecule has 0 aromatic heterocycles. The van der Waals surface area contributed by atoms with Crippen LogP contribution in [-0.2, 0) is 0 Å². The molecular formula is C20H20O. The van der Waals surface area contributed by atoms with E-state index < -0.39 is 0 Å². The third kappa shape index (κ3) is 2.13. The van der Waals surface area contributed by atoms with Gasteiger partial charge in [-0.25, -0.2) is 0 Å². The second kappa shape index (κ2) is 5.16. The summed E-state index contributed by atoms with van der Waals surface area (Å²) in [6.45, 7) is 0. The molecule has 2 atom stereocenters. The monoisotopic (exact) mass is 276 g/mol. The van der Waals surface area contributed by atoms with Crippen LogP contribution in [0, 0.1) is 0 Å². The molecule has 0 spiro atoms. The van der Waals surface area contributed by atoms with E-state index in [1.807, 2.05) is 0 Å². The minimum Gasteiger partial charge on any atom is -0.392 e. The van der Waals surface area contributed by atoms with Crippen molar-refractivity contribution in [3.8, 4) is 0 Å². The molecule has 0 aliphatic heterocycles. The molecule has 0 bridgehead atoms. The van der Waals surface area contributed by atoms with Gasteiger partial charge in [-0.15, -0.1) is 0 Å². The summed E-state index contributed by atoms with van der Waals surface area (Å²) in [6.07, 6.45) is 4.20. The van der Waals surface area contributed by atoms with Crippen LogP contribution in [0.25, 0.3) is 21.5 Å². The Morgan fingerprint density at radius 3 is 1.95 bits per heavy atom. The average Bonchev–Trinajstić information content (AvgIpc) is 2.53. The molecule has 1 saturated carbocycles. The van der Waals surface area contributed by atoms with Gasteiger partial charge in [0.25, 0.3) is 0 Å². The first-order chi connectivity index (χ1) is 10.3. The molecule has 3 aromatic carbocycles. The SMILES string of the molecule is O[C@@H]1CCCC[C@H]1c1c2ccccc2cc2ccccc12. The topological polar surface area (TPSA) is 20.2 Å². The predicted octanol–water partition coefficient (Wildman–Crippen LogP) is 5.01. The summed E-state index contributed by atoms with van der Waals surface area (Å²) in [5, 5.41) is 15.7. The fourth-order valence-electron chi connectivity index (χ4n) is 3.90. The van der Waals surface area contributed by atoms with Crippen molar-refractivity contribution in [3.63, 3.8) is 0 Å². The molecule has 1 aliphatic carbocycles. The lowest BCUT2D eigenvalue weighted by Crippen LogP contribution is -2.23. The number of hydrogen-bond donors (Lipinski definition) is 1. The summed E-state index contributed by atoms with van der Waals surface area (Å²) < 4.78 is 0. The molecule has 0 saturated heterocycles. The van der Waals surface area contributed by atoms with Gasteiger partial charge >= 0.3 is 0 Å². The Morgan fingerprint density at radius 2 is 1.33 bits per heavy atom. The zero-order valence-corrected chi connectivity index (χ0v) is 12.1. The van der Waals surface area contributed by atoms with Gasteiger partial charge in [-0.2, -0.15) is 0 Å². The molecule has 0 amide bonds. The van der Waals surface area contributed by atoms with Crippen LogP contribution in [0.4, 0.5) is 0 Å². The molecule has 21 heavy (non-hydrogen) atoms. The molecule has 4 rings (SSSR count). The largest absolute Gasteiger partial charge is 0.392 e. The van der Waals surface area contributed by atoms with Crippen molar-refractivity contribution in [1.29, 1.82) is 0 Å². The maximum atomic E-state index is 10.5. The van der Waals surface area contributed by atoms with Gasteiger partial charge in [-0.3, -0.25) is 0 Å². The van der Waals surface area contributed by atoms with Gasteiger partial charge in [0.2, 0.25) is 0 Å². The third-order valence-electron chi connectivity index (χ3n) is 4.91. The molecule has 3 aromatic rings. The van der Waals surface area contributed by atoms with E-state index in [1.54, 1.807) is 0 Å². The highest BCUT2D eigenvalue weighted by molar-refractivity contribution is 6.02. The maximum absolute atomic E-state index is 10.5.